The first-order valence-electron chi connectivity index (χ1n) is 7.35. The molecule has 0 aromatic rings. The van der Waals surface area contributed by atoms with Gasteiger partial charge >= 0.3 is 12.0 Å². The quantitative estimate of drug-likeness (QED) is 0.822. The average molecular weight is 284 g/mol. The standard InChI is InChI=1S/C14H24N2O4/c1-9-8-10(13(17)18)6-7-16(9)14(19)15-11-4-3-5-12(11)20-2/h9-12H,3-8H2,1-2H3,(H,15,19)(H,17,18). The highest BCUT2D eigenvalue weighted by molar-refractivity contribution is 5.76. The summed E-state index contributed by atoms with van der Waals surface area (Å²) in [5.74, 6) is -1.08. The minimum atomic E-state index is -0.757. The van der Waals surface area contributed by atoms with Gasteiger partial charge in [-0.25, -0.2) is 4.79 Å². The molecule has 2 N–H and O–H groups in total. The van der Waals surface area contributed by atoms with E-state index >= 15 is 0 Å². The Kier molecular flexibility index (Phi) is 4.86. The van der Waals surface area contributed by atoms with Crippen LogP contribution in [0.15, 0.2) is 0 Å². The molecule has 114 valence electrons. The van der Waals surface area contributed by atoms with Crippen molar-refractivity contribution >= 4 is 12.0 Å². The first-order valence-corrected chi connectivity index (χ1v) is 7.35. The van der Waals surface area contributed by atoms with Crippen molar-refractivity contribution in [2.24, 2.45) is 5.92 Å². The van der Waals surface area contributed by atoms with Crippen LogP contribution < -0.4 is 5.32 Å². The number of likely N-dealkylation sites (tertiary alicyclic amines) is 1. The molecule has 0 radical (unpaired) electrons. The maximum absolute atomic E-state index is 12.3. The highest BCUT2D eigenvalue weighted by Crippen LogP contribution is 2.25. The third-order valence-electron chi connectivity index (χ3n) is 4.55. The number of amides is 2. The summed E-state index contributed by atoms with van der Waals surface area (Å²) in [5, 5.41) is 12.1. The van der Waals surface area contributed by atoms with Gasteiger partial charge < -0.3 is 20.1 Å². The van der Waals surface area contributed by atoms with E-state index in [-0.39, 0.29) is 30.1 Å². The van der Waals surface area contributed by atoms with Gasteiger partial charge in [0, 0.05) is 19.7 Å². The van der Waals surface area contributed by atoms with Crippen LogP contribution in [0.2, 0.25) is 0 Å². The molecule has 2 rings (SSSR count). The van der Waals surface area contributed by atoms with E-state index in [1.807, 2.05) is 6.92 Å². The molecule has 2 aliphatic rings. The first-order chi connectivity index (χ1) is 9.52. The van der Waals surface area contributed by atoms with Crippen molar-refractivity contribution in [1.82, 2.24) is 10.2 Å². The van der Waals surface area contributed by atoms with Crippen LogP contribution in [-0.4, -0.2) is 53.8 Å². The fourth-order valence-electron chi connectivity index (χ4n) is 3.31. The zero-order valence-corrected chi connectivity index (χ0v) is 12.2. The Balaban J connectivity index is 1.88. The van der Waals surface area contributed by atoms with Gasteiger partial charge in [0.1, 0.15) is 0 Å². The van der Waals surface area contributed by atoms with Gasteiger partial charge in [0.15, 0.2) is 0 Å². The van der Waals surface area contributed by atoms with Gasteiger partial charge in [0.2, 0.25) is 0 Å². The van der Waals surface area contributed by atoms with Crippen molar-refractivity contribution in [1.29, 1.82) is 0 Å². The Morgan fingerprint density at radius 2 is 2.05 bits per heavy atom. The van der Waals surface area contributed by atoms with Crippen LogP contribution in [0.4, 0.5) is 4.79 Å². The molecule has 20 heavy (non-hydrogen) atoms. The van der Waals surface area contributed by atoms with E-state index in [0.717, 1.165) is 19.3 Å². The molecule has 4 atom stereocenters. The molecule has 2 amide bonds. The molecule has 1 heterocycles. The molecule has 0 bridgehead atoms. The number of hydrogen-bond acceptors (Lipinski definition) is 3. The molecule has 1 saturated heterocycles. The highest BCUT2D eigenvalue weighted by atomic mass is 16.5. The molecular weight excluding hydrogens is 260 g/mol. The molecular formula is C14H24N2O4. The lowest BCUT2D eigenvalue weighted by Gasteiger charge is -2.37. The van der Waals surface area contributed by atoms with E-state index in [2.05, 4.69) is 5.32 Å². The van der Waals surface area contributed by atoms with E-state index < -0.39 is 5.97 Å². The summed E-state index contributed by atoms with van der Waals surface area (Å²) < 4.78 is 5.38. The summed E-state index contributed by atoms with van der Waals surface area (Å²) in [5.41, 5.74) is 0. The van der Waals surface area contributed by atoms with Gasteiger partial charge in [0.25, 0.3) is 0 Å². The summed E-state index contributed by atoms with van der Waals surface area (Å²) in [7, 11) is 1.68. The predicted molar refractivity (Wildman–Crippen MR) is 73.5 cm³/mol. The fraction of sp³-hybridized carbons (Fsp3) is 0.857. The minimum Gasteiger partial charge on any atom is -0.481 e. The number of rotatable bonds is 3. The molecule has 1 aliphatic carbocycles. The number of carbonyl (C=O) groups is 2. The Hall–Kier alpha value is -1.30. The van der Waals surface area contributed by atoms with Crippen molar-refractivity contribution in [2.45, 2.75) is 57.2 Å². The van der Waals surface area contributed by atoms with Gasteiger partial charge in [0.05, 0.1) is 18.1 Å². The Morgan fingerprint density at radius 3 is 2.65 bits per heavy atom. The summed E-state index contributed by atoms with van der Waals surface area (Å²) in [4.78, 5) is 25.1. The van der Waals surface area contributed by atoms with Gasteiger partial charge in [-0.05, 0) is 39.0 Å². The van der Waals surface area contributed by atoms with Crippen LogP contribution in [0.3, 0.4) is 0 Å². The largest absolute Gasteiger partial charge is 0.481 e. The van der Waals surface area contributed by atoms with Crippen molar-refractivity contribution < 1.29 is 19.4 Å². The van der Waals surface area contributed by atoms with Crippen LogP contribution in [0.5, 0.6) is 0 Å². The minimum absolute atomic E-state index is 0.0350. The molecule has 1 saturated carbocycles. The zero-order chi connectivity index (χ0) is 14.7. The van der Waals surface area contributed by atoms with E-state index in [1.54, 1.807) is 12.0 Å². The Labute approximate surface area is 119 Å². The smallest absolute Gasteiger partial charge is 0.317 e. The fourth-order valence-corrected chi connectivity index (χ4v) is 3.31. The van der Waals surface area contributed by atoms with E-state index in [9.17, 15) is 9.59 Å². The molecule has 2 fully saturated rings. The summed E-state index contributed by atoms with van der Waals surface area (Å²) in [6.07, 6.45) is 4.17. The van der Waals surface area contributed by atoms with Crippen molar-refractivity contribution in [2.75, 3.05) is 13.7 Å². The van der Waals surface area contributed by atoms with E-state index in [0.29, 0.717) is 19.4 Å². The number of piperidine rings is 1. The average Bonchev–Trinajstić information content (AvgIpc) is 2.85. The van der Waals surface area contributed by atoms with Crippen LogP contribution in [0.1, 0.15) is 39.0 Å². The molecule has 4 unspecified atom stereocenters. The number of carboxylic acid groups (broad SMARTS) is 1. The SMILES string of the molecule is COC1CCCC1NC(=O)N1CCC(C(=O)O)CC1C. The topological polar surface area (TPSA) is 78.9 Å². The van der Waals surface area contributed by atoms with Gasteiger partial charge in [-0.15, -0.1) is 0 Å². The number of ether oxygens (including phenoxy) is 1. The van der Waals surface area contributed by atoms with E-state index in [4.69, 9.17) is 9.84 Å². The second-order valence-electron chi connectivity index (χ2n) is 5.86. The highest BCUT2D eigenvalue weighted by Gasteiger charge is 2.35. The molecule has 6 nitrogen and oxygen atoms in total. The lowest BCUT2D eigenvalue weighted by molar-refractivity contribution is -0.143. The number of aliphatic carboxylic acids is 1. The number of hydrogen-bond donors (Lipinski definition) is 2. The third-order valence-corrected chi connectivity index (χ3v) is 4.55. The maximum atomic E-state index is 12.3. The lowest BCUT2D eigenvalue weighted by Crippen LogP contribution is -2.53. The van der Waals surface area contributed by atoms with Crippen molar-refractivity contribution in [3.05, 3.63) is 0 Å². The van der Waals surface area contributed by atoms with Gasteiger partial charge in [-0.1, -0.05) is 0 Å². The molecule has 0 aromatic heterocycles. The monoisotopic (exact) mass is 284 g/mol. The molecule has 6 heteroatoms. The third kappa shape index (κ3) is 3.23. The summed E-state index contributed by atoms with van der Waals surface area (Å²) in [6, 6.07) is -0.0422. The predicted octanol–water partition coefficient (Wildman–Crippen LogP) is 1.45. The van der Waals surface area contributed by atoms with Crippen molar-refractivity contribution in [3.8, 4) is 0 Å². The number of nitrogens with one attached hydrogen (secondary N) is 1. The second kappa shape index (κ2) is 6.43. The zero-order valence-electron chi connectivity index (χ0n) is 12.2. The number of carbonyl (C=O) groups excluding carboxylic acids is 1. The van der Waals surface area contributed by atoms with Crippen LogP contribution >= 0.6 is 0 Å². The molecule has 1 aliphatic heterocycles. The van der Waals surface area contributed by atoms with E-state index in [1.165, 1.54) is 0 Å². The summed E-state index contributed by atoms with van der Waals surface area (Å²) >= 11 is 0. The van der Waals surface area contributed by atoms with Crippen LogP contribution in [0, 0.1) is 5.92 Å². The number of nitrogens with zero attached hydrogens (tertiary/aromatic N) is 1. The Bertz CT molecular complexity index is 374. The summed E-state index contributed by atoms with van der Waals surface area (Å²) in [6.45, 7) is 2.42. The second-order valence-corrected chi connectivity index (χ2v) is 5.86. The Morgan fingerprint density at radius 1 is 1.30 bits per heavy atom. The maximum Gasteiger partial charge on any atom is 0.317 e. The van der Waals surface area contributed by atoms with Gasteiger partial charge in [-0.2, -0.15) is 0 Å². The normalized spacial score (nSPS) is 34.0. The van der Waals surface area contributed by atoms with Crippen LogP contribution in [0.25, 0.3) is 0 Å². The number of methoxy groups -OCH3 is 1. The van der Waals surface area contributed by atoms with Crippen LogP contribution in [-0.2, 0) is 9.53 Å². The lowest BCUT2D eigenvalue weighted by atomic mass is 9.92. The number of urea groups is 1. The van der Waals surface area contributed by atoms with Crippen molar-refractivity contribution in [3.63, 3.8) is 0 Å². The first kappa shape index (κ1) is 15.1. The molecule has 0 spiro atoms. The molecule has 0 aromatic carbocycles. The van der Waals surface area contributed by atoms with Gasteiger partial charge in [-0.3, -0.25) is 4.79 Å². The number of carboxylic acids is 1.